The fourth-order valence-corrected chi connectivity index (χ4v) is 5.87. The van der Waals surface area contributed by atoms with Gasteiger partial charge in [0.15, 0.2) is 0 Å². The van der Waals surface area contributed by atoms with Crippen molar-refractivity contribution in [3.05, 3.63) is 10.8 Å². The molecule has 1 N–H and O–H groups in total. The lowest BCUT2D eigenvalue weighted by atomic mass is 10.0. The molecule has 2 heteroatoms. The van der Waals surface area contributed by atoms with Crippen molar-refractivity contribution < 1.29 is 5.11 Å². The van der Waals surface area contributed by atoms with Gasteiger partial charge in [-0.05, 0) is 13.3 Å². The molecule has 0 aliphatic heterocycles. The first-order chi connectivity index (χ1) is 5.67. The molecule has 1 atom stereocenters. The molecule has 0 saturated carbocycles. The van der Waals surface area contributed by atoms with Crippen LogP contribution in [0.15, 0.2) is 10.8 Å². The minimum absolute atomic E-state index is 0.178. The standard InChI is InChI=1S/C11H22OSi/c1-8(12)7-9-10(11(9,2)3)13(4,5)6/h8,12H,7H2,1-6H3. The summed E-state index contributed by atoms with van der Waals surface area (Å²) in [4.78, 5) is 0. The van der Waals surface area contributed by atoms with Gasteiger partial charge >= 0.3 is 0 Å². The normalized spacial score (nSPS) is 23.3. The Kier molecular flexibility index (Phi) is 2.50. The predicted molar refractivity (Wildman–Crippen MR) is 60.5 cm³/mol. The van der Waals surface area contributed by atoms with Crippen LogP contribution in [0.5, 0.6) is 0 Å². The van der Waals surface area contributed by atoms with Crippen molar-refractivity contribution in [2.45, 2.75) is 52.9 Å². The highest BCUT2D eigenvalue weighted by Gasteiger charge is 2.50. The van der Waals surface area contributed by atoms with Crippen molar-refractivity contribution in [2.24, 2.45) is 5.41 Å². The lowest BCUT2D eigenvalue weighted by Crippen LogP contribution is -2.22. The van der Waals surface area contributed by atoms with Gasteiger partial charge in [0, 0.05) is 5.41 Å². The third-order valence-corrected chi connectivity index (χ3v) is 5.30. The van der Waals surface area contributed by atoms with Gasteiger partial charge in [0.1, 0.15) is 0 Å². The second-order valence-corrected chi connectivity index (χ2v) is 10.8. The van der Waals surface area contributed by atoms with E-state index in [2.05, 4.69) is 33.5 Å². The molecule has 1 nitrogen and oxygen atoms in total. The molecule has 0 amide bonds. The summed E-state index contributed by atoms with van der Waals surface area (Å²) in [6.07, 6.45) is 0.704. The van der Waals surface area contributed by atoms with Gasteiger partial charge in [-0.3, -0.25) is 0 Å². The molecule has 0 heterocycles. The van der Waals surface area contributed by atoms with Crippen molar-refractivity contribution in [2.75, 3.05) is 0 Å². The van der Waals surface area contributed by atoms with E-state index in [9.17, 15) is 5.11 Å². The molecule has 0 aromatic rings. The zero-order valence-corrected chi connectivity index (χ0v) is 10.7. The summed E-state index contributed by atoms with van der Waals surface area (Å²) >= 11 is 0. The van der Waals surface area contributed by atoms with Crippen LogP contribution >= 0.6 is 0 Å². The number of allylic oxidation sites excluding steroid dienone is 1. The summed E-state index contributed by atoms with van der Waals surface area (Å²) in [5, 5.41) is 11.0. The van der Waals surface area contributed by atoms with Crippen LogP contribution in [0.1, 0.15) is 27.2 Å². The van der Waals surface area contributed by atoms with Crippen LogP contribution in [-0.4, -0.2) is 19.3 Å². The van der Waals surface area contributed by atoms with Crippen LogP contribution in [0, 0.1) is 5.41 Å². The molecule has 1 aliphatic rings. The first-order valence-electron chi connectivity index (χ1n) is 5.10. The third kappa shape index (κ3) is 2.05. The van der Waals surface area contributed by atoms with Crippen LogP contribution < -0.4 is 0 Å². The van der Waals surface area contributed by atoms with Gasteiger partial charge in [-0.2, -0.15) is 0 Å². The zero-order chi connectivity index (χ0) is 10.4. The number of rotatable bonds is 3. The van der Waals surface area contributed by atoms with Crippen molar-refractivity contribution in [3.8, 4) is 0 Å². The van der Waals surface area contributed by atoms with Gasteiger partial charge in [-0.15, -0.1) is 0 Å². The van der Waals surface area contributed by atoms with E-state index in [0.717, 1.165) is 6.42 Å². The van der Waals surface area contributed by atoms with E-state index in [4.69, 9.17) is 0 Å². The van der Waals surface area contributed by atoms with Gasteiger partial charge < -0.3 is 5.11 Å². The molecular weight excluding hydrogens is 176 g/mol. The van der Waals surface area contributed by atoms with E-state index in [1.165, 1.54) is 5.57 Å². The molecule has 76 valence electrons. The predicted octanol–water partition coefficient (Wildman–Crippen LogP) is 2.97. The maximum absolute atomic E-state index is 9.36. The summed E-state index contributed by atoms with van der Waals surface area (Å²) < 4.78 is 0. The quantitative estimate of drug-likeness (QED) is 0.691. The van der Waals surface area contributed by atoms with Gasteiger partial charge in [-0.1, -0.05) is 44.3 Å². The van der Waals surface area contributed by atoms with Gasteiger partial charge in [0.2, 0.25) is 0 Å². The maximum Gasteiger partial charge on any atom is 0.0735 e. The average Bonchev–Trinajstić information content (AvgIpc) is 2.29. The SMILES string of the molecule is CC(O)CC1=C([Si](C)(C)C)C1(C)C. The molecule has 13 heavy (non-hydrogen) atoms. The Morgan fingerprint density at radius 3 is 2.00 bits per heavy atom. The van der Waals surface area contributed by atoms with Crippen molar-refractivity contribution in [1.29, 1.82) is 0 Å². The van der Waals surface area contributed by atoms with Gasteiger partial charge in [-0.25, -0.2) is 0 Å². The lowest BCUT2D eigenvalue weighted by Gasteiger charge is -2.16. The Bertz CT molecular complexity index is 243. The third-order valence-electron chi connectivity index (χ3n) is 2.87. The van der Waals surface area contributed by atoms with Crippen LogP contribution in [0.2, 0.25) is 19.6 Å². The second kappa shape index (κ2) is 2.96. The maximum atomic E-state index is 9.36. The number of aliphatic hydroxyl groups excluding tert-OH is 1. The smallest absolute Gasteiger partial charge is 0.0735 e. The number of hydrogen-bond donors (Lipinski definition) is 1. The second-order valence-electron chi connectivity index (χ2n) is 5.78. The molecule has 0 aromatic carbocycles. The molecule has 0 bridgehead atoms. The first-order valence-corrected chi connectivity index (χ1v) is 8.60. The minimum atomic E-state index is -1.12. The highest BCUT2D eigenvalue weighted by molar-refractivity contribution is 6.84. The molecule has 0 spiro atoms. The van der Waals surface area contributed by atoms with Crippen LogP contribution in [0.25, 0.3) is 0 Å². The fraction of sp³-hybridized carbons (Fsp3) is 0.818. The van der Waals surface area contributed by atoms with Crippen LogP contribution in [0.3, 0.4) is 0 Å². The summed E-state index contributed by atoms with van der Waals surface area (Å²) in [6, 6.07) is 0. The molecule has 0 radical (unpaired) electrons. The largest absolute Gasteiger partial charge is 0.393 e. The highest BCUT2D eigenvalue weighted by atomic mass is 28.3. The molecule has 0 fully saturated rings. The number of aliphatic hydroxyl groups is 1. The molecule has 1 aliphatic carbocycles. The van der Waals surface area contributed by atoms with Crippen LogP contribution in [0.4, 0.5) is 0 Å². The van der Waals surface area contributed by atoms with Crippen molar-refractivity contribution in [1.82, 2.24) is 0 Å². The fourth-order valence-electron chi connectivity index (χ4n) is 2.59. The Hall–Kier alpha value is -0.0831. The van der Waals surface area contributed by atoms with E-state index in [-0.39, 0.29) is 6.10 Å². The summed E-state index contributed by atoms with van der Waals surface area (Å²) in [5.41, 5.74) is 1.86. The Morgan fingerprint density at radius 2 is 1.77 bits per heavy atom. The molecule has 1 unspecified atom stereocenters. The van der Waals surface area contributed by atoms with Crippen molar-refractivity contribution in [3.63, 3.8) is 0 Å². The Balaban J connectivity index is 2.78. The van der Waals surface area contributed by atoms with E-state index >= 15 is 0 Å². The average molecular weight is 198 g/mol. The summed E-state index contributed by atoms with van der Waals surface area (Å²) in [5.74, 6) is 0. The molecular formula is C11H22OSi. The Morgan fingerprint density at radius 1 is 1.31 bits per heavy atom. The van der Waals surface area contributed by atoms with E-state index in [1.54, 1.807) is 5.20 Å². The van der Waals surface area contributed by atoms with Gasteiger partial charge in [0.05, 0.1) is 14.2 Å². The van der Waals surface area contributed by atoms with E-state index in [0.29, 0.717) is 5.41 Å². The summed E-state index contributed by atoms with van der Waals surface area (Å²) in [6.45, 7) is 13.6. The van der Waals surface area contributed by atoms with Crippen molar-refractivity contribution >= 4 is 8.07 Å². The zero-order valence-electron chi connectivity index (χ0n) is 9.73. The molecule has 0 aromatic heterocycles. The minimum Gasteiger partial charge on any atom is -0.393 e. The highest BCUT2D eigenvalue weighted by Crippen LogP contribution is 2.57. The topological polar surface area (TPSA) is 20.2 Å². The lowest BCUT2D eigenvalue weighted by molar-refractivity contribution is 0.194. The van der Waals surface area contributed by atoms with E-state index in [1.807, 2.05) is 6.92 Å². The first kappa shape index (κ1) is 11.0. The van der Waals surface area contributed by atoms with Gasteiger partial charge in [0.25, 0.3) is 0 Å². The Labute approximate surface area is 82.9 Å². The molecule has 1 rings (SSSR count). The molecule has 0 saturated heterocycles. The monoisotopic (exact) mass is 198 g/mol. The summed E-state index contributed by atoms with van der Waals surface area (Å²) in [7, 11) is -1.12. The van der Waals surface area contributed by atoms with E-state index < -0.39 is 8.07 Å². The number of hydrogen-bond acceptors (Lipinski definition) is 1. The van der Waals surface area contributed by atoms with Crippen LogP contribution in [-0.2, 0) is 0 Å².